The maximum Gasteiger partial charge on any atom is 0.103 e. The van der Waals surface area contributed by atoms with Crippen molar-refractivity contribution >= 4 is 0 Å². The van der Waals surface area contributed by atoms with Crippen LogP contribution in [0.1, 0.15) is 29.9 Å². The lowest BCUT2D eigenvalue weighted by molar-refractivity contribution is 0.184. The minimum atomic E-state index is 0.184. The molecule has 102 valence electrons. The number of nitrogens with zero attached hydrogens (tertiary/aromatic N) is 3. The Morgan fingerprint density at radius 1 is 1.37 bits per heavy atom. The summed E-state index contributed by atoms with van der Waals surface area (Å²) in [5.41, 5.74) is 4.13. The third-order valence-corrected chi connectivity index (χ3v) is 3.29. The van der Waals surface area contributed by atoms with Crippen molar-refractivity contribution in [3.8, 4) is 5.69 Å². The molecule has 0 aliphatic heterocycles. The highest BCUT2D eigenvalue weighted by Gasteiger charge is 2.16. The second kappa shape index (κ2) is 5.95. The van der Waals surface area contributed by atoms with Crippen LogP contribution in [0.15, 0.2) is 24.3 Å². The highest BCUT2D eigenvalue weighted by molar-refractivity contribution is 5.41. The van der Waals surface area contributed by atoms with Gasteiger partial charge in [-0.05, 0) is 27.0 Å². The van der Waals surface area contributed by atoms with E-state index in [1.165, 1.54) is 0 Å². The third-order valence-electron chi connectivity index (χ3n) is 3.29. The van der Waals surface area contributed by atoms with Gasteiger partial charge in [-0.25, -0.2) is 4.68 Å². The van der Waals surface area contributed by atoms with E-state index >= 15 is 0 Å². The number of para-hydroxylation sites is 1. The minimum absolute atomic E-state index is 0.184. The molecule has 5 nitrogen and oxygen atoms in total. The van der Waals surface area contributed by atoms with Gasteiger partial charge in [0.05, 0.1) is 24.0 Å². The summed E-state index contributed by atoms with van der Waals surface area (Å²) >= 11 is 0. The lowest BCUT2D eigenvalue weighted by Gasteiger charge is -2.11. The molecule has 0 saturated carbocycles. The van der Waals surface area contributed by atoms with Crippen molar-refractivity contribution in [3.63, 3.8) is 0 Å². The number of aromatic nitrogens is 3. The number of methoxy groups -OCH3 is 1. The Labute approximate surface area is 113 Å². The standard InChI is InChI=1S/C14H20N4O/c1-10(15-3)14-11(2)18(17-16-14)13-8-6-5-7-12(13)9-19-4/h5-8,10,15H,9H2,1-4H3. The first-order chi connectivity index (χ1) is 9.19. The molecule has 0 radical (unpaired) electrons. The van der Waals surface area contributed by atoms with E-state index in [0.717, 1.165) is 22.6 Å². The van der Waals surface area contributed by atoms with Gasteiger partial charge in [0.25, 0.3) is 0 Å². The van der Waals surface area contributed by atoms with Gasteiger partial charge < -0.3 is 10.1 Å². The van der Waals surface area contributed by atoms with E-state index in [0.29, 0.717) is 6.61 Å². The summed E-state index contributed by atoms with van der Waals surface area (Å²) in [4.78, 5) is 0. The Kier molecular flexibility index (Phi) is 4.29. The van der Waals surface area contributed by atoms with Crippen molar-refractivity contribution in [1.29, 1.82) is 0 Å². The van der Waals surface area contributed by atoms with E-state index in [9.17, 15) is 0 Å². The molecule has 1 heterocycles. The molecule has 0 spiro atoms. The van der Waals surface area contributed by atoms with E-state index in [1.807, 2.05) is 42.9 Å². The smallest absolute Gasteiger partial charge is 0.103 e. The molecule has 1 unspecified atom stereocenters. The fourth-order valence-electron chi connectivity index (χ4n) is 2.10. The van der Waals surface area contributed by atoms with Gasteiger partial charge in [0, 0.05) is 12.7 Å². The summed E-state index contributed by atoms with van der Waals surface area (Å²) in [6.07, 6.45) is 0. The predicted molar refractivity (Wildman–Crippen MR) is 74.3 cm³/mol. The van der Waals surface area contributed by atoms with Crippen LogP contribution in [0.3, 0.4) is 0 Å². The van der Waals surface area contributed by atoms with Gasteiger partial charge in [-0.1, -0.05) is 23.4 Å². The maximum absolute atomic E-state index is 5.23. The molecule has 19 heavy (non-hydrogen) atoms. The highest BCUT2D eigenvalue weighted by atomic mass is 16.5. The molecule has 1 aromatic carbocycles. The molecule has 5 heteroatoms. The first kappa shape index (κ1) is 13.7. The number of ether oxygens (including phenoxy) is 1. The van der Waals surface area contributed by atoms with Crippen LogP contribution in [0.4, 0.5) is 0 Å². The Morgan fingerprint density at radius 3 is 2.79 bits per heavy atom. The van der Waals surface area contributed by atoms with Crippen LogP contribution in [0.25, 0.3) is 5.69 Å². The SMILES string of the molecule is CNC(C)c1nnn(-c2ccccc2COC)c1C. The van der Waals surface area contributed by atoms with Gasteiger partial charge >= 0.3 is 0 Å². The van der Waals surface area contributed by atoms with Crippen LogP contribution in [-0.2, 0) is 11.3 Å². The lowest BCUT2D eigenvalue weighted by atomic mass is 10.1. The Balaban J connectivity index is 2.45. The third kappa shape index (κ3) is 2.67. The van der Waals surface area contributed by atoms with Gasteiger partial charge in [-0.3, -0.25) is 0 Å². The van der Waals surface area contributed by atoms with Crippen molar-refractivity contribution in [3.05, 3.63) is 41.2 Å². The van der Waals surface area contributed by atoms with E-state index in [2.05, 4.69) is 22.6 Å². The molecule has 2 aromatic rings. The first-order valence-corrected chi connectivity index (χ1v) is 6.35. The summed E-state index contributed by atoms with van der Waals surface area (Å²) in [5.74, 6) is 0. The number of rotatable bonds is 5. The van der Waals surface area contributed by atoms with Crippen molar-refractivity contribution in [2.45, 2.75) is 26.5 Å². The maximum atomic E-state index is 5.23. The normalized spacial score (nSPS) is 12.6. The van der Waals surface area contributed by atoms with Gasteiger partial charge in [0.15, 0.2) is 0 Å². The molecular weight excluding hydrogens is 240 g/mol. The average Bonchev–Trinajstić information content (AvgIpc) is 2.81. The monoisotopic (exact) mass is 260 g/mol. The zero-order chi connectivity index (χ0) is 13.8. The minimum Gasteiger partial charge on any atom is -0.380 e. The van der Waals surface area contributed by atoms with Crippen LogP contribution >= 0.6 is 0 Å². The largest absolute Gasteiger partial charge is 0.380 e. The van der Waals surface area contributed by atoms with Crippen molar-refractivity contribution in [1.82, 2.24) is 20.3 Å². The van der Waals surface area contributed by atoms with E-state index < -0.39 is 0 Å². The molecule has 1 atom stereocenters. The van der Waals surface area contributed by atoms with Gasteiger partial charge in [0.2, 0.25) is 0 Å². The van der Waals surface area contributed by atoms with Crippen LogP contribution in [0, 0.1) is 6.92 Å². The summed E-state index contributed by atoms with van der Waals surface area (Å²) < 4.78 is 7.10. The van der Waals surface area contributed by atoms with Crippen LogP contribution < -0.4 is 5.32 Å². The Hall–Kier alpha value is -1.72. The first-order valence-electron chi connectivity index (χ1n) is 6.35. The second-order valence-corrected chi connectivity index (χ2v) is 4.54. The van der Waals surface area contributed by atoms with Crippen molar-refractivity contribution in [2.75, 3.05) is 14.2 Å². The quantitative estimate of drug-likeness (QED) is 0.893. The van der Waals surface area contributed by atoms with E-state index in [4.69, 9.17) is 4.74 Å². The number of nitrogens with one attached hydrogen (secondary N) is 1. The summed E-state index contributed by atoms with van der Waals surface area (Å²) in [5, 5.41) is 11.7. The highest BCUT2D eigenvalue weighted by Crippen LogP contribution is 2.20. The van der Waals surface area contributed by atoms with Crippen molar-refractivity contribution in [2.24, 2.45) is 0 Å². The van der Waals surface area contributed by atoms with E-state index in [1.54, 1.807) is 7.11 Å². The molecule has 0 amide bonds. The lowest BCUT2D eigenvalue weighted by Crippen LogP contribution is -2.14. The topological polar surface area (TPSA) is 52.0 Å². The molecule has 0 aliphatic carbocycles. The van der Waals surface area contributed by atoms with Gasteiger partial charge in [0.1, 0.15) is 5.69 Å². The number of hydrogen-bond acceptors (Lipinski definition) is 4. The fraction of sp³-hybridized carbons (Fsp3) is 0.429. The molecule has 0 bridgehead atoms. The van der Waals surface area contributed by atoms with Crippen LogP contribution in [-0.4, -0.2) is 29.2 Å². The second-order valence-electron chi connectivity index (χ2n) is 4.54. The summed E-state index contributed by atoms with van der Waals surface area (Å²) in [7, 11) is 3.61. The molecule has 1 N–H and O–H groups in total. The van der Waals surface area contributed by atoms with Crippen molar-refractivity contribution < 1.29 is 4.74 Å². The Morgan fingerprint density at radius 2 is 2.11 bits per heavy atom. The number of benzene rings is 1. The zero-order valence-electron chi connectivity index (χ0n) is 11.8. The van der Waals surface area contributed by atoms with E-state index in [-0.39, 0.29) is 6.04 Å². The zero-order valence-corrected chi connectivity index (χ0v) is 11.8. The molecule has 0 aliphatic rings. The van der Waals surface area contributed by atoms with Crippen LogP contribution in [0.5, 0.6) is 0 Å². The molecule has 0 fully saturated rings. The predicted octanol–water partition coefficient (Wildman–Crippen LogP) is 2.00. The van der Waals surface area contributed by atoms with Crippen LogP contribution in [0.2, 0.25) is 0 Å². The number of hydrogen-bond donors (Lipinski definition) is 1. The average molecular weight is 260 g/mol. The summed E-state index contributed by atoms with van der Waals surface area (Å²) in [6, 6.07) is 8.26. The van der Waals surface area contributed by atoms with Gasteiger partial charge in [-0.15, -0.1) is 5.10 Å². The van der Waals surface area contributed by atoms with Gasteiger partial charge in [-0.2, -0.15) is 0 Å². The fourth-order valence-corrected chi connectivity index (χ4v) is 2.10. The Bertz CT molecular complexity index is 550. The molecular formula is C14H20N4O. The summed E-state index contributed by atoms with van der Waals surface area (Å²) in [6.45, 7) is 4.67. The molecule has 0 saturated heterocycles. The molecule has 1 aromatic heterocycles. The molecule has 2 rings (SSSR count).